The fourth-order valence-electron chi connectivity index (χ4n) is 3.78. The highest BCUT2D eigenvalue weighted by atomic mass is 19.1. The maximum Gasteiger partial charge on any atom is 0.250 e. The number of amides is 1. The second-order valence-electron chi connectivity index (χ2n) is 7.64. The Hall–Kier alpha value is -4.46. The zero-order valence-electron chi connectivity index (χ0n) is 18.2. The zero-order chi connectivity index (χ0) is 23.5. The molecule has 0 bridgehead atoms. The van der Waals surface area contributed by atoms with E-state index >= 15 is 0 Å². The van der Waals surface area contributed by atoms with Crippen LogP contribution in [0.4, 0.5) is 21.6 Å². The molecule has 1 aromatic heterocycles. The van der Waals surface area contributed by atoms with Crippen LogP contribution < -0.4 is 19.7 Å². The Balaban J connectivity index is 1.39. The Labute approximate surface area is 195 Å². The summed E-state index contributed by atoms with van der Waals surface area (Å²) in [6, 6.07) is 17.3. The van der Waals surface area contributed by atoms with Crippen LogP contribution in [-0.4, -0.2) is 29.0 Å². The van der Waals surface area contributed by atoms with Gasteiger partial charge in [-0.05, 0) is 60.2 Å². The number of nitrogens with one attached hydrogen (secondary N) is 1. The Bertz CT molecular complexity index is 1360. The lowest BCUT2D eigenvalue weighted by atomic mass is 10.1. The molecule has 7 nitrogen and oxygen atoms in total. The molecular weight excluding hydrogens is 435 g/mol. The van der Waals surface area contributed by atoms with Gasteiger partial charge in [-0.1, -0.05) is 18.7 Å². The average molecular weight is 456 g/mol. The monoisotopic (exact) mass is 456 g/mol. The third-order valence-corrected chi connectivity index (χ3v) is 5.46. The number of rotatable bonds is 6. The fraction of sp³-hybridized carbons (Fsp3) is 0.115. The van der Waals surface area contributed by atoms with Crippen molar-refractivity contribution < 1.29 is 18.7 Å². The van der Waals surface area contributed by atoms with Gasteiger partial charge in [-0.3, -0.25) is 4.79 Å². The Kier molecular flexibility index (Phi) is 5.78. The summed E-state index contributed by atoms with van der Waals surface area (Å²) in [5.74, 6) is 1.34. The van der Waals surface area contributed by atoms with E-state index in [-0.39, 0.29) is 11.7 Å². The Morgan fingerprint density at radius 2 is 1.91 bits per heavy atom. The second kappa shape index (κ2) is 9.19. The lowest BCUT2D eigenvalue weighted by Crippen LogP contribution is -2.36. The standard InChI is InChI=1S/C26H21FN4O3/c1-2-23(32)31-13-14-33-25-22(31)12-11-21-24(25)26(29-16-28-21)30-19-7-9-20(10-8-19)34-15-17-3-5-18(27)6-4-17/h2-12,16H,1,13-15H2,(H,28,29,30). The van der Waals surface area contributed by atoms with Gasteiger partial charge in [-0.25, -0.2) is 14.4 Å². The number of aromatic nitrogens is 2. The summed E-state index contributed by atoms with van der Waals surface area (Å²) in [5.41, 5.74) is 3.03. The fourth-order valence-corrected chi connectivity index (χ4v) is 3.78. The quantitative estimate of drug-likeness (QED) is 0.412. The molecule has 0 saturated carbocycles. The molecule has 1 N–H and O–H groups in total. The lowest BCUT2D eigenvalue weighted by molar-refractivity contribution is -0.114. The van der Waals surface area contributed by atoms with Crippen molar-refractivity contribution >= 4 is 34.0 Å². The van der Waals surface area contributed by atoms with Gasteiger partial charge in [0.1, 0.15) is 36.9 Å². The van der Waals surface area contributed by atoms with Gasteiger partial charge in [0, 0.05) is 5.69 Å². The molecule has 0 aliphatic carbocycles. The Morgan fingerprint density at radius 1 is 1.12 bits per heavy atom. The van der Waals surface area contributed by atoms with Crippen molar-refractivity contribution in [1.29, 1.82) is 0 Å². The van der Waals surface area contributed by atoms with E-state index in [0.29, 0.717) is 53.7 Å². The van der Waals surface area contributed by atoms with Crippen LogP contribution in [0.15, 0.2) is 79.6 Å². The van der Waals surface area contributed by atoms with E-state index in [1.165, 1.54) is 24.5 Å². The molecule has 4 aromatic rings. The van der Waals surface area contributed by atoms with Crippen molar-refractivity contribution in [1.82, 2.24) is 9.97 Å². The molecule has 34 heavy (non-hydrogen) atoms. The number of carbonyl (C=O) groups is 1. The summed E-state index contributed by atoms with van der Waals surface area (Å²) in [5, 5.41) is 4.00. The summed E-state index contributed by atoms with van der Waals surface area (Å²) in [4.78, 5) is 22.7. The van der Waals surface area contributed by atoms with E-state index in [2.05, 4.69) is 21.9 Å². The van der Waals surface area contributed by atoms with Crippen LogP contribution in [0.5, 0.6) is 11.5 Å². The van der Waals surface area contributed by atoms with Crippen LogP contribution in [0, 0.1) is 5.82 Å². The number of hydrogen-bond donors (Lipinski definition) is 1. The molecule has 0 spiro atoms. The molecule has 0 atom stereocenters. The third kappa shape index (κ3) is 4.25. The first kappa shape index (κ1) is 21.4. The largest absolute Gasteiger partial charge is 0.489 e. The van der Waals surface area contributed by atoms with Gasteiger partial charge in [0.15, 0.2) is 5.75 Å². The number of anilines is 3. The average Bonchev–Trinajstić information content (AvgIpc) is 2.88. The first-order chi connectivity index (χ1) is 16.6. The summed E-state index contributed by atoms with van der Waals surface area (Å²) >= 11 is 0. The maximum atomic E-state index is 13.0. The van der Waals surface area contributed by atoms with Crippen molar-refractivity contribution in [3.8, 4) is 11.5 Å². The van der Waals surface area contributed by atoms with Crippen LogP contribution in [0.3, 0.4) is 0 Å². The number of carbonyl (C=O) groups excluding carboxylic acids is 1. The normalized spacial score (nSPS) is 12.6. The number of hydrogen-bond acceptors (Lipinski definition) is 6. The van der Waals surface area contributed by atoms with E-state index in [1.54, 1.807) is 17.0 Å². The van der Waals surface area contributed by atoms with Crippen molar-refractivity contribution in [3.63, 3.8) is 0 Å². The molecular formula is C26H21FN4O3. The van der Waals surface area contributed by atoms with Crippen LogP contribution >= 0.6 is 0 Å². The summed E-state index contributed by atoms with van der Waals surface area (Å²) in [7, 11) is 0. The number of benzene rings is 3. The molecule has 0 fully saturated rings. The molecule has 1 amide bonds. The predicted molar refractivity (Wildman–Crippen MR) is 128 cm³/mol. The third-order valence-electron chi connectivity index (χ3n) is 5.46. The SMILES string of the molecule is C=CC(=O)N1CCOc2c1ccc1ncnc(Nc3ccc(OCc4ccc(F)cc4)cc3)c21. The first-order valence-electron chi connectivity index (χ1n) is 10.7. The maximum absolute atomic E-state index is 13.0. The summed E-state index contributed by atoms with van der Waals surface area (Å²) in [6.45, 7) is 4.74. The van der Waals surface area contributed by atoms with Gasteiger partial charge >= 0.3 is 0 Å². The molecule has 1 aliphatic heterocycles. The molecule has 8 heteroatoms. The second-order valence-corrected chi connectivity index (χ2v) is 7.64. The molecule has 0 unspecified atom stereocenters. The van der Waals surface area contributed by atoms with E-state index in [0.717, 1.165) is 11.3 Å². The summed E-state index contributed by atoms with van der Waals surface area (Å²) < 4.78 is 24.8. The van der Waals surface area contributed by atoms with E-state index in [9.17, 15) is 9.18 Å². The highest BCUT2D eigenvalue weighted by Gasteiger charge is 2.25. The van der Waals surface area contributed by atoms with Crippen LogP contribution in [0.25, 0.3) is 10.9 Å². The minimum atomic E-state index is -0.275. The minimum Gasteiger partial charge on any atom is -0.489 e. The van der Waals surface area contributed by atoms with Crippen LogP contribution in [-0.2, 0) is 11.4 Å². The first-order valence-corrected chi connectivity index (χ1v) is 10.7. The van der Waals surface area contributed by atoms with Crippen molar-refractivity contribution in [2.24, 2.45) is 0 Å². The van der Waals surface area contributed by atoms with Gasteiger partial charge in [0.05, 0.1) is 23.1 Å². The van der Waals surface area contributed by atoms with Crippen LogP contribution in [0.2, 0.25) is 0 Å². The van der Waals surface area contributed by atoms with E-state index in [1.807, 2.05) is 36.4 Å². The Morgan fingerprint density at radius 3 is 2.68 bits per heavy atom. The van der Waals surface area contributed by atoms with Gasteiger partial charge in [-0.15, -0.1) is 0 Å². The molecule has 0 radical (unpaired) electrons. The van der Waals surface area contributed by atoms with Crippen molar-refractivity contribution in [2.75, 3.05) is 23.4 Å². The molecule has 5 rings (SSSR count). The van der Waals surface area contributed by atoms with Crippen molar-refractivity contribution in [3.05, 3.63) is 91.0 Å². The van der Waals surface area contributed by atoms with Crippen molar-refractivity contribution in [2.45, 2.75) is 6.61 Å². The molecule has 0 saturated heterocycles. The molecule has 1 aliphatic rings. The highest BCUT2D eigenvalue weighted by Crippen LogP contribution is 2.41. The van der Waals surface area contributed by atoms with Gasteiger partial charge in [0.2, 0.25) is 0 Å². The topological polar surface area (TPSA) is 76.6 Å². The van der Waals surface area contributed by atoms with E-state index < -0.39 is 0 Å². The number of ether oxygens (including phenoxy) is 2. The number of halogens is 1. The minimum absolute atomic E-state index is 0.188. The number of fused-ring (bicyclic) bond motifs is 3. The molecule has 2 heterocycles. The molecule has 170 valence electrons. The van der Waals surface area contributed by atoms with Gasteiger partial charge < -0.3 is 19.7 Å². The molecule has 3 aromatic carbocycles. The van der Waals surface area contributed by atoms with E-state index in [4.69, 9.17) is 9.47 Å². The predicted octanol–water partition coefficient (Wildman–Crippen LogP) is 5.00. The number of nitrogens with zero attached hydrogens (tertiary/aromatic N) is 3. The summed E-state index contributed by atoms with van der Waals surface area (Å²) in [6.07, 6.45) is 2.77. The van der Waals surface area contributed by atoms with Crippen LogP contribution in [0.1, 0.15) is 5.56 Å². The zero-order valence-corrected chi connectivity index (χ0v) is 18.2. The lowest BCUT2D eigenvalue weighted by Gasteiger charge is -2.29. The van der Waals surface area contributed by atoms with Gasteiger partial charge in [-0.2, -0.15) is 0 Å². The van der Waals surface area contributed by atoms with Gasteiger partial charge in [0.25, 0.3) is 5.91 Å². The smallest absolute Gasteiger partial charge is 0.250 e. The highest BCUT2D eigenvalue weighted by molar-refractivity contribution is 6.07.